The summed E-state index contributed by atoms with van der Waals surface area (Å²) in [5.74, 6) is 1.54. The summed E-state index contributed by atoms with van der Waals surface area (Å²) in [4.78, 5) is 16.1. The molecule has 0 amide bonds. The summed E-state index contributed by atoms with van der Waals surface area (Å²) in [6, 6.07) is 17.8. The number of halogens is 3. The number of ether oxygens (including phenoxy) is 1. The van der Waals surface area contributed by atoms with Gasteiger partial charge in [-0.25, -0.2) is 32.6 Å². The van der Waals surface area contributed by atoms with Crippen LogP contribution in [0.3, 0.4) is 0 Å². The number of hydrogen-bond acceptors (Lipinski definition) is 13. The summed E-state index contributed by atoms with van der Waals surface area (Å²) in [6.07, 6.45) is 10.7. The molecule has 1 aromatic carbocycles. The number of aromatic nitrogens is 4. The standard InChI is InChI=1S/C17H16ClN3O2S2.C8H8ClN3OS.C7H9ClN2OS.U.V/c1-23-14-6-4-13(5-7-14)15-10-24-17(20-15)21-25(2,22)11-12-3-8-16(18)19-9-12;1-14(13,12-6-10)5-7-2-3-8(9)11-4-7;1-12(9,11)5-6-2-3-7(8)10-4-6;;/h3-10H,11H2,1-2H3;2-4H,5H2,1H3;2-4,9H,5H2,1H3;;. The topological polar surface area (TPSA) is 184 Å². The zero-order valence-electron chi connectivity index (χ0n) is 28.7. The van der Waals surface area contributed by atoms with E-state index in [4.69, 9.17) is 49.6 Å². The molecule has 12 nitrogen and oxygen atoms in total. The SMILES string of the molecule is COc1ccc(-c2csc(N=S(C)(=O)Cc3ccc(Cl)nc3)n2)cc1.CS(=N)(=O)Cc1ccc(Cl)nc1.CS(=O)(Cc1ccc(Cl)nc1)=NC#N.[U].[V]. The molecule has 1 radical (unpaired) electrons. The van der Waals surface area contributed by atoms with E-state index < -0.39 is 29.2 Å². The minimum absolute atomic E-state index is 0. The number of thiazole rings is 1. The molecule has 3 unspecified atom stereocenters. The number of benzene rings is 1. The summed E-state index contributed by atoms with van der Waals surface area (Å²) < 4.78 is 55.4. The molecule has 53 heavy (non-hydrogen) atoms. The molecular formula is C32H33Cl3N8O4S4UV. The fourth-order valence-corrected chi connectivity index (χ4v) is 8.52. The van der Waals surface area contributed by atoms with Crippen molar-refractivity contribution in [2.45, 2.75) is 17.3 Å². The van der Waals surface area contributed by atoms with Crippen LogP contribution >= 0.6 is 46.1 Å². The van der Waals surface area contributed by atoms with Gasteiger partial charge in [0.15, 0.2) is 0 Å². The molecule has 0 aliphatic rings. The second-order valence-electron chi connectivity index (χ2n) is 10.9. The molecule has 0 fully saturated rings. The maximum absolute atomic E-state index is 12.8. The van der Waals surface area contributed by atoms with Gasteiger partial charge in [-0.1, -0.05) is 53.0 Å². The maximum atomic E-state index is 12.8. The summed E-state index contributed by atoms with van der Waals surface area (Å²) in [7, 11) is -5.77. The molecule has 5 aromatic rings. The molecule has 0 aliphatic heterocycles. The zero-order valence-corrected chi connectivity index (χ0v) is 39.8. The molecular weight excluding hydrogens is 1080 g/mol. The van der Waals surface area contributed by atoms with Crippen molar-refractivity contribution >= 4 is 80.5 Å². The number of methoxy groups -OCH3 is 1. The molecule has 3 atom stereocenters. The third kappa shape index (κ3) is 19.4. The normalized spacial score (nSPS) is 13.5. The number of pyridine rings is 3. The van der Waals surface area contributed by atoms with Crippen molar-refractivity contribution in [2.75, 3.05) is 25.9 Å². The second-order valence-corrected chi connectivity index (χ2v) is 19.9. The average Bonchev–Trinajstić information content (AvgIpc) is 3.52. The smallest absolute Gasteiger partial charge is 0.218 e. The summed E-state index contributed by atoms with van der Waals surface area (Å²) in [5, 5.41) is 11.9. The molecule has 0 bridgehead atoms. The zero-order chi connectivity index (χ0) is 37.7. The van der Waals surface area contributed by atoms with E-state index in [0.717, 1.165) is 33.7 Å². The number of rotatable bonds is 9. The Bertz CT molecular complexity index is 2310. The van der Waals surface area contributed by atoms with Gasteiger partial charge in [0.05, 0.1) is 49.5 Å². The van der Waals surface area contributed by atoms with Gasteiger partial charge in [-0.2, -0.15) is 9.62 Å². The fourth-order valence-electron chi connectivity index (χ4n) is 3.93. The minimum Gasteiger partial charge on any atom is -0.497 e. The third-order valence-electron chi connectivity index (χ3n) is 6.06. The molecule has 4 heterocycles. The maximum Gasteiger partial charge on any atom is 0.218 e. The molecule has 5 rings (SSSR count). The van der Waals surface area contributed by atoms with Crippen molar-refractivity contribution in [2.24, 2.45) is 8.73 Å². The summed E-state index contributed by atoms with van der Waals surface area (Å²) in [5.41, 5.74) is 4.12. The van der Waals surface area contributed by atoms with Gasteiger partial charge in [0.25, 0.3) is 0 Å². The van der Waals surface area contributed by atoms with Crippen molar-refractivity contribution in [1.82, 2.24) is 19.9 Å². The van der Waals surface area contributed by atoms with Gasteiger partial charge in [0.2, 0.25) is 11.3 Å². The van der Waals surface area contributed by atoms with E-state index in [0.29, 0.717) is 26.3 Å². The van der Waals surface area contributed by atoms with Gasteiger partial charge < -0.3 is 4.74 Å². The molecule has 4 aromatic heterocycles. The molecule has 0 saturated carbocycles. The Morgan fingerprint density at radius 3 is 1.62 bits per heavy atom. The number of nitrogens with one attached hydrogen (secondary N) is 1. The van der Waals surface area contributed by atoms with E-state index in [1.807, 2.05) is 29.6 Å². The van der Waals surface area contributed by atoms with Crippen molar-refractivity contribution < 1.29 is 67.0 Å². The van der Waals surface area contributed by atoms with Crippen LogP contribution in [0.5, 0.6) is 5.75 Å². The van der Waals surface area contributed by atoms with Crippen LogP contribution < -0.4 is 4.74 Å². The Balaban J connectivity index is 0.000000428. The minimum atomic E-state index is -2.47. The first-order chi connectivity index (χ1) is 24.0. The van der Waals surface area contributed by atoms with Crippen molar-refractivity contribution in [3.63, 3.8) is 0 Å². The largest absolute Gasteiger partial charge is 0.497 e. The van der Waals surface area contributed by atoms with E-state index in [9.17, 15) is 12.6 Å². The fraction of sp³-hybridized carbons (Fsp3) is 0.219. The second kappa shape index (κ2) is 23.1. The monoisotopic (exact) mass is 1120 g/mol. The first-order valence-electron chi connectivity index (χ1n) is 14.4. The van der Waals surface area contributed by atoms with Gasteiger partial charge in [0.1, 0.15) is 21.2 Å². The van der Waals surface area contributed by atoms with Crippen molar-refractivity contribution in [3.8, 4) is 23.2 Å². The Labute approximate surface area is 365 Å². The van der Waals surface area contributed by atoms with E-state index in [-0.39, 0.29) is 61.2 Å². The molecule has 0 aliphatic carbocycles. The van der Waals surface area contributed by atoms with Crippen LogP contribution in [0.15, 0.2) is 93.4 Å². The average molecular weight is 1120 g/mol. The quantitative estimate of drug-likeness (QED) is 0.112. The molecule has 21 heteroatoms. The predicted octanol–water partition coefficient (Wildman–Crippen LogP) is 8.52. The molecule has 1 N–H and O–H groups in total. The summed E-state index contributed by atoms with van der Waals surface area (Å²) in [6.45, 7) is 0. The van der Waals surface area contributed by atoms with Crippen molar-refractivity contribution in [1.29, 1.82) is 10.0 Å². The van der Waals surface area contributed by atoms with Crippen LogP contribution in [-0.4, -0.2) is 58.4 Å². The van der Waals surface area contributed by atoms with Crippen LogP contribution in [0.4, 0.5) is 5.13 Å². The first kappa shape index (κ1) is 49.0. The molecule has 279 valence electrons. The Kier molecular flexibility index (Phi) is 21.4. The van der Waals surface area contributed by atoms with Crippen LogP contribution in [0.25, 0.3) is 11.3 Å². The number of hydrogen-bond donors (Lipinski definition) is 1. The molecule has 0 saturated heterocycles. The molecule has 0 spiro atoms. The summed E-state index contributed by atoms with van der Waals surface area (Å²) >= 11 is 18.3. The van der Waals surface area contributed by atoms with Crippen LogP contribution in [0, 0.1) is 47.3 Å². The van der Waals surface area contributed by atoms with E-state index in [1.54, 1.807) is 68.4 Å². The number of nitriles is 1. The van der Waals surface area contributed by atoms with E-state index in [1.165, 1.54) is 30.0 Å². The Morgan fingerprint density at radius 1 is 0.774 bits per heavy atom. The van der Waals surface area contributed by atoms with Gasteiger partial charge >= 0.3 is 0 Å². The van der Waals surface area contributed by atoms with Crippen LogP contribution in [-0.2, 0) is 65.0 Å². The Hall–Kier alpha value is -2.05. The van der Waals surface area contributed by atoms with Gasteiger partial charge in [-0.15, -0.1) is 15.7 Å². The Morgan fingerprint density at radius 2 is 1.23 bits per heavy atom. The number of nitrogens with zero attached hydrogens (tertiary/aromatic N) is 7. The van der Waals surface area contributed by atoms with E-state index >= 15 is 0 Å². The van der Waals surface area contributed by atoms with Crippen molar-refractivity contribution in [3.05, 3.63) is 117 Å². The third-order valence-corrected chi connectivity index (χ3v) is 11.2. The van der Waals surface area contributed by atoms with Crippen LogP contribution in [0.1, 0.15) is 16.7 Å². The first-order valence-corrected chi connectivity index (χ1v) is 22.7. The van der Waals surface area contributed by atoms with Gasteiger partial charge in [-0.05, 0) is 59.2 Å². The van der Waals surface area contributed by atoms with Gasteiger partial charge in [0, 0.05) is 108 Å². The van der Waals surface area contributed by atoms with Crippen LogP contribution in [0.2, 0.25) is 15.5 Å². The van der Waals surface area contributed by atoms with Gasteiger partial charge in [-0.3, -0.25) is 4.78 Å². The predicted molar refractivity (Wildman–Crippen MR) is 208 cm³/mol. The van der Waals surface area contributed by atoms with E-state index in [2.05, 4.69) is 28.7 Å².